The molecule has 1 N–H and O–H groups in total. The number of nitrogens with one attached hydrogen (secondary N) is 1. The van der Waals surface area contributed by atoms with Crippen molar-refractivity contribution in [2.45, 2.75) is 45.1 Å². The van der Waals surface area contributed by atoms with Gasteiger partial charge in [-0.25, -0.2) is 0 Å². The largest absolute Gasteiger partial charge is 0.496 e. The number of fused-ring (bicyclic) bond motifs is 1. The van der Waals surface area contributed by atoms with Crippen LogP contribution in [0.1, 0.15) is 58.8 Å². The van der Waals surface area contributed by atoms with Gasteiger partial charge in [0.15, 0.2) is 5.78 Å². The van der Waals surface area contributed by atoms with E-state index in [2.05, 4.69) is 17.4 Å². The first-order valence-electron chi connectivity index (χ1n) is 9.13. The summed E-state index contributed by atoms with van der Waals surface area (Å²) in [6.07, 6.45) is 3.45. The Morgan fingerprint density at radius 3 is 2.77 bits per heavy atom. The van der Waals surface area contributed by atoms with Crippen LogP contribution in [-0.4, -0.2) is 18.8 Å². The number of ether oxygens (including phenoxy) is 1. The highest BCUT2D eigenvalue weighted by Crippen LogP contribution is 2.29. The van der Waals surface area contributed by atoms with E-state index < -0.39 is 0 Å². The van der Waals surface area contributed by atoms with Gasteiger partial charge in [-0.3, -0.25) is 9.59 Å². The highest BCUT2D eigenvalue weighted by molar-refractivity contribution is 6.00. The molecule has 0 saturated carbocycles. The van der Waals surface area contributed by atoms with Crippen LogP contribution in [0.15, 0.2) is 42.5 Å². The van der Waals surface area contributed by atoms with E-state index in [0.717, 1.165) is 24.8 Å². The van der Waals surface area contributed by atoms with Crippen molar-refractivity contribution in [2.75, 3.05) is 7.11 Å². The monoisotopic (exact) mass is 351 g/mol. The molecule has 4 heteroatoms. The zero-order chi connectivity index (χ0) is 18.5. The number of carbonyl (C=O) groups is 2. The molecule has 2 aromatic rings. The SMILES string of the molecule is COc1ccc(C)cc1C(=O)CCC(=O)NC1CCCc2ccccc21. The molecule has 1 unspecified atom stereocenters. The second-order valence-corrected chi connectivity index (χ2v) is 6.84. The van der Waals surface area contributed by atoms with Gasteiger partial charge in [0.05, 0.1) is 18.7 Å². The average molecular weight is 351 g/mol. The molecule has 136 valence electrons. The van der Waals surface area contributed by atoms with Gasteiger partial charge in [-0.1, -0.05) is 35.9 Å². The van der Waals surface area contributed by atoms with E-state index in [1.165, 1.54) is 11.1 Å². The summed E-state index contributed by atoms with van der Waals surface area (Å²) in [6.45, 7) is 1.93. The first-order valence-corrected chi connectivity index (χ1v) is 9.13. The summed E-state index contributed by atoms with van der Waals surface area (Å²) in [5.74, 6) is 0.415. The summed E-state index contributed by atoms with van der Waals surface area (Å²) in [6, 6.07) is 13.8. The van der Waals surface area contributed by atoms with Gasteiger partial charge in [-0.15, -0.1) is 0 Å². The van der Waals surface area contributed by atoms with E-state index in [1.807, 2.05) is 31.2 Å². The zero-order valence-electron chi connectivity index (χ0n) is 15.4. The van der Waals surface area contributed by atoms with Crippen LogP contribution in [-0.2, 0) is 11.2 Å². The lowest BCUT2D eigenvalue weighted by Gasteiger charge is -2.26. The Balaban J connectivity index is 1.60. The highest BCUT2D eigenvalue weighted by atomic mass is 16.5. The maximum atomic E-state index is 12.5. The second kappa shape index (κ2) is 8.17. The lowest BCUT2D eigenvalue weighted by molar-refractivity contribution is -0.121. The Hall–Kier alpha value is -2.62. The molecule has 1 atom stereocenters. The van der Waals surface area contributed by atoms with Crippen molar-refractivity contribution in [1.29, 1.82) is 0 Å². The quantitative estimate of drug-likeness (QED) is 0.795. The van der Waals surface area contributed by atoms with Gasteiger partial charge in [0.25, 0.3) is 0 Å². The number of hydrogen-bond donors (Lipinski definition) is 1. The molecule has 0 spiro atoms. The molecule has 0 aliphatic heterocycles. The molecule has 0 aromatic heterocycles. The number of aryl methyl sites for hydroxylation is 2. The predicted octanol–water partition coefficient (Wildman–Crippen LogP) is 4.16. The van der Waals surface area contributed by atoms with Crippen LogP contribution in [0, 0.1) is 6.92 Å². The van der Waals surface area contributed by atoms with Crippen molar-refractivity contribution >= 4 is 11.7 Å². The van der Waals surface area contributed by atoms with Crippen molar-refractivity contribution in [3.63, 3.8) is 0 Å². The Bertz CT molecular complexity index is 813. The van der Waals surface area contributed by atoms with Gasteiger partial charge >= 0.3 is 0 Å². The zero-order valence-corrected chi connectivity index (χ0v) is 15.4. The third kappa shape index (κ3) is 4.13. The van der Waals surface area contributed by atoms with Gasteiger partial charge in [-0.05, 0) is 49.4 Å². The fourth-order valence-corrected chi connectivity index (χ4v) is 3.57. The summed E-state index contributed by atoms with van der Waals surface area (Å²) in [4.78, 5) is 24.9. The number of ketones is 1. The Kier molecular flexibility index (Phi) is 5.71. The molecule has 26 heavy (non-hydrogen) atoms. The highest BCUT2D eigenvalue weighted by Gasteiger charge is 2.22. The molecule has 3 rings (SSSR count). The summed E-state index contributed by atoms with van der Waals surface area (Å²) < 4.78 is 5.27. The minimum Gasteiger partial charge on any atom is -0.496 e. The van der Waals surface area contributed by atoms with Crippen LogP contribution in [0.3, 0.4) is 0 Å². The van der Waals surface area contributed by atoms with Crippen molar-refractivity contribution in [3.05, 3.63) is 64.7 Å². The Labute approximate surface area is 154 Å². The standard InChI is InChI=1S/C22H25NO3/c1-15-10-12-21(26-2)18(14-15)20(24)11-13-22(25)23-19-9-5-7-16-6-3-4-8-17(16)19/h3-4,6,8,10,12,14,19H,5,7,9,11,13H2,1-2H3,(H,23,25). The van der Waals surface area contributed by atoms with Crippen LogP contribution in [0.2, 0.25) is 0 Å². The molecule has 0 fully saturated rings. The fraction of sp³-hybridized carbons (Fsp3) is 0.364. The van der Waals surface area contributed by atoms with Crippen molar-refractivity contribution in [2.24, 2.45) is 0 Å². The molecule has 1 amide bonds. The number of rotatable bonds is 6. The van der Waals surface area contributed by atoms with Crippen LogP contribution in [0.4, 0.5) is 0 Å². The van der Waals surface area contributed by atoms with E-state index in [1.54, 1.807) is 13.2 Å². The molecule has 0 bridgehead atoms. The van der Waals surface area contributed by atoms with E-state index >= 15 is 0 Å². The van der Waals surface area contributed by atoms with Gasteiger partial charge in [0.2, 0.25) is 5.91 Å². The molecular formula is C22H25NO3. The van der Waals surface area contributed by atoms with Crippen molar-refractivity contribution < 1.29 is 14.3 Å². The number of benzene rings is 2. The van der Waals surface area contributed by atoms with Gasteiger partial charge in [0, 0.05) is 12.8 Å². The third-order valence-corrected chi connectivity index (χ3v) is 4.94. The van der Waals surface area contributed by atoms with E-state index in [-0.39, 0.29) is 30.6 Å². The summed E-state index contributed by atoms with van der Waals surface area (Å²) in [5, 5.41) is 3.10. The number of methoxy groups -OCH3 is 1. The Morgan fingerprint density at radius 1 is 1.15 bits per heavy atom. The van der Waals surface area contributed by atoms with Crippen molar-refractivity contribution in [3.8, 4) is 5.75 Å². The lowest BCUT2D eigenvalue weighted by atomic mass is 9.87. The molecule has 0 saturated heterocycles. The first-order chi connectivity index (χ1) is 12.6. The first kappa shape index (κ1) is 18.2. The van der Waals surface area contributed by atoms with Crippen LogP contribution < -0.4 is 10.1 Å². The fourth-order valence-electron chi connectivity index (χ4n) is 3.57. The molecule has 1 aliphatic rings. The number of hydrogen-bond acceptors (Lipinski definition) is 3. The second-order valence-electron chi connectivity index (χ2n) is 6.84. The molecule has 2 aromatic carbocycles. The average Bonchev–Trinajstić information content (AvgIpc) is 2.66. The predicted molar refractivity (Wildman–Crippen MR) is 102 cm³/mol. The third-order valence-electron chi connectivity index (χ3n) is 4.94. The number of Topliss-reactive ketones (excluding diaryl/α,β-unsaturated/α-hetero) is 1. The number of amides is 1. The summed E-state index contributed by atoms with van der Waals surface area (Å²) in [5.41, 5.74) is 4.06. The summed E-state index contributed by atoms with van der Waals surface area (Å²) >= 11 is 0. The maximum Gasteiger partial charge on any atom is 0.220 e. The van der Waals surface area contributed by atoms with Gasteiger partial charge in [0.1, 0.15) is 5.75 Å². The topological polar surface area (TPSA) is 55.4 Å². The minimum absolute atomic E-state index is 0.0519. The smallest absolute Gasteiger partial charge is 0.220 e. The Morgan fingerprint density at radius 2 is 1.96 bits per heavy atom. The van der Waals surface area contributed by atoms with Gasteiger partial charge in [-0.2, -0.15) is 0 Å². The normalized spacial score (nSPS) is 15.8. The maximum absolute atomic E-state index is 12.5. The minimum atomic E-state index is -0.0772. The van der Waals surface area contributed by atoms with Crippen molar-refractivity contribution in [1.82, 2.24) is 5.32 Å². The van der Waals surface area contributed by atoms with Crippen LogP contribution in [0.25, 0.3) is 0 Å². The molecular weight excluding hydrogens is 326 g/mol. The van der Waals surface area contributed by atoms with E-state index in [9.17, 15) is 9.59 Å². The van der Waals surface area contributed by atoms with Gasteiger partial charge < -0.3 is 10.1 Å². The molecule has 0 radical (unpaired) electrons. The molecule has 0 heterocycles. The lowest BCUT2D eigenvalue weighted by Crippen LogP contribution is -2.31. The number of carbonyl (C=O) groups excluding carboxylic acids is 2. The molecule has 4 nitrogen and oxygen atoms in total. The molecule has 1 aliphatic carbocycles. The van der Waals surface area contributed by atoms with Crippen LogP contribution >= 0.6 is 0 Å². The van der Waals surface area contributed by atoms with E-state index in [0.29, 0.717) is 11.3 Å². The van der Waals surface area contributed by atoms with E-state index in [4.69, 9.17) is 4.74 Å². The van der Waals surface area contributed by atoms with Crippen LogP contribution in [0.5, 0.6) is 5.75 Å². The summed E-state index contributed by atoms with van der Waals surface area (Å²) in [7, 11) is 1.55.